The molecule has 0 aliphatic heterocycles. The van der Waals surface area contributed by atoms with E-state index in [1.807, 2.05) is 0 Å². The van der Waals surface area contributed by atoms with Crippen LogP contribution in [0.2, 0.25) is 0 Å². The summed E-state index contributed by atoms with van der Waals surface area (Å²) in [7, 11) is 0. The van der Waals surface area contributed by atoms with Crippen molar-refractivity contribution in [1.29, 1.82) is 0 Å². The van der Waals surface area contributed by atoms with Crippen molar-refractivity contribution >= 4 is 11.9 Å². The van der Waals surface area contributed by atoms with E-state index in [4.69, 9.17) is 0 Å². The third-order valence-corrected chi connectivity index (χ3v) is 3.05. The first-order valence-electron chi connectivity index (χ1n) is 6.41. The third-order valence-electron chi connectivity index (χ3n) is 3.05. The van der Waals surface area contributed by atoms with Crippen LogP contribution in [0.1, 0.15) is 22.0 Å². The second-order valence-corrected chi connectivity index (χ2v) is 4.51. The van der Waals surface area contributed by atoms with Crippen LogP contribution in [0.15, 0.2) is 60.7 Å². The Kier molecular flexibility index (Phi) is 4.68. The number of carboxylic acid groups (broad SMARTS) is 1. The number of rotatable bonds is 5. The zero-order valence-corrected chi connectivity index (χ0v) is 11.1. The van der Waals surface area contributed by atoms with Gasteiger partial charge < -0.3 is 15.5 Å². The minimum atomic E-state index is -1.42. The molecule has 0 aliphatic rings. The first kappa shape index (κ1) is 14.7. The molecule has 0 heterocycles. The van der Waals surface area contributed by atoms with E-state index in [-0.39, 0.29) is 0 Å². The fourth-order valence-corrected chi connectivity index (χ4v) is 1.93. The Bertz CT molecular complexity index is 613. The molecule has 0 unspecified atom stereocenters. The maximum atomic E-state index is 12.0. The fraction of sp³-hybridized carbons (Fsp3) is 0.125. The highest BCUT2D eigenvalue weighted by Crippen LogP contribution is 2.17. The van der Waals surface area contributed by atoms with Crippen LogP contribution < -0.4 is 5.32 Å². The number of hydrogen-bond acceptors (Lipinski definition) is 3. The van der Waals surface area contributed by atoms with Gasteiger partial charge in [0.05, 0.1) is 0 Å². The number of aliphatic hydroxyl groups is 1. The Morgan fingerprint density at radius 2 is 1.43 bits per heavy atom. The minimum absolute atomic E-state index is 0.337. The molecule has 0 bridgehead atoms. The number of aliphatic hydroxyl groups excluding tert-OH is 1. The van der Waals surface area contributed by atoms with Gasteiger partial charge in [0.25, 0.3) is 5.91 Å². The maximum Gasteiger partial charge on any atom is 0.329 e. The summed E-state index contributed by atoms with van der Waals surface area (Å²) in [6.07, 6.45) is -1.32. The number of carbonyl (C=O) groups is 2. The van der Waals surface area contributed by atoms with Gasteiger partial charge in [-0.1, -0.05) is 48.5 Å². The fourth-order valence-electron chi connectivity index (χ4n) is 1.93. The van der Waals surface area contributed by atoms with E-state index in [0.717, 1.165) is 0 Å². The lowest BCUT2D eigenvalue weighted by atomic mass is 10.0. The predicted molar refractivity (Wildman–Crippen MR) is 76.7 cm³/mol. The van der Waals surface area contributed by atoms with Gasteiger partial charge in [0.1, 0.15) is 6.10 Å². The molecule has 0 aromatic heterocycles. The van der Waals surface area contributed by atoms with Crippen molar-refractivity contribution in [1.82, 2.24) is 5.32 Å². The molecular formula is C16H15NO4. The monoisotopic (exact) mass is 285 g/mol. The Balaban J connectivity index is 2.17. The summed E-state index contributed by atoms with van der Waals surface area (Å²) in [4.78, 5) is 23.3. The van der Waals surface area contributed by atoms with Gasteiger partial charge in [-0.05, 0) is 17.7 Å². The second kappa shape index (κ2) is 6.67. The molecule has 2 rings (SSSR count). The molecule has 0 fully saturated rings. The summed E-state index contributed by atoms with van der Waals surface area (Å²) in [6.45, 7) is 0. The molecule has 5 nitrogen and oxygen atoms in total. The summed E-state index contributed by atoms with van der Waals surface area (Å²) in [5, 5.41) is 21.7. The van der Waals surface area contributed by atoms with Crippen LogP contribution >= 0.6 is 0 Å². The summed E-state index contributed by atoms with van der Waals surface area (Å²) in [6, 6.07) is 15.2. The standard InChI is InChI=1S/C16H15NO4/c18-14(11-7-3-1-4-8-11)13(16(20)21)17-15(19)12-9-5-2-6-10-12/h1-10,13-14,18H,(H,17,19)(H,20,21)/t13-,14-/m1/s1. The molecule has 21 heavy (non-hydrogen) atoms. The highest BCUT2D eigenvalue weighted by atomic mass is 16.4. The lowest BCUT2D eigenvalue weighted by molar-refractivity contribution is -0.142. The van der Waals surface area contributed by atoms with Gasteiger partial charge in [0.15, 0.2) is 6.04 Å². The highest BCUT2D eigenvalue weighted by molar-refractivity contribution is 5.96. The van der Waals surface area contributed by atoms with E-state index < -0.39 is 24.0 Å². The van der Waals surface area contributed by atoms with Crippen molar-refractivity contribution in [3.63, 3.8) is 0 Å². The number of carbonyl (C=O) groups excluding carboxylic acids is 1. The summed E-state index contributed by atoms with van der Waals surface area (Å²) in [5.41, 5.74) is 0.766. The van der Waals surface area contributed by atoms with Gasteiger partial charge >= 0.3 is 5.97 Å². The van der Waals surface area contributed by atoms with E-state index in [1.165, 1.54) is 0 Å². The molecule has 2 aromatic rings. The smallest absolute Gasteiger partial charge is 0.329 e. The minimum Gasteiger partial charge on any atom is -0.480 e. The van der Waals surface area contributed by atoms with Gasteiger partial charge in [-0.2, -0.15) is 0 Å². The van der Waals surface area contributed by atoms with Gasteiger partial charge in [0.2, 0.25) is 0 Å². The molecule has 0 saturated carbocycles. The summed E-state index contributed by atoms with van der Waals surface area (Å²) >= 11 is 0. The average molecular weight is 285 g/mol. The molecule has 1 amide bonds. The molecule has 108 valence electrons. The average Bonchev–Trinajstić information content (AvgIpc) is 2.53. The van der Waals surface area contributed by atoms with Crippen molar-refractivity contribution in [2.24, 2.45) is 0 Å². The number of amides is 1. The number of aliphatic carboxylic acids is 1. The van der Waals surface area contributed by atoms with Crippen molar-refractivity contribution in [2.75, 3.05) is 0 Å². The van der Waals surface area contributed by atoms with Crippen LogP contribution in [0, 0.1) is 0 Å². The van der Waals surface area contributed by atoms with Crippen LogP contribution in [-0.2, 0) is 4.79 Å². The van der Waals surface area contributed by atoms with Crippen LogP contribution in [0.5, 0.6) is 0 Å². The largest absolute Gasteiger partial charge is 0.480 e. The molecule has 5 heteroatoms. The maximum absolute atomic E-state index is 12.0. The molecule has 0 saturated heterocycles. The predicted octanol–water partition coefficient (Wildman–Crippen LogP) is 1.60. The van der Waals surface area contributed by atoms with Gasteiger partial charge in [-0.15, -0.1) is 0 Å². The summed E-state index contributed by atoms with van der Waals surface area (Å²) < 4.78 is 0. The number of hydrogen-bond donors (Lipinski definition) is 3. The van der Waals surface area contributed by atoms with E-state index >= 15 is 0 Å². The quantitative estimate of drug-likeness (QED) is 0.779. The zero-order chi connectivity index (χ0) is 15.2. The topological polar surface area (TPSA) is 86.6 Å². The SMILES string of the molecule is O=C(N[C@@H](C(=O)O)[C@H](O)c1ccccc1)c1ccccc1. The zero-order valence-electron chi connectivity index (χ0n) is 11.1. The van der Waals surface area contributed by atoms with Crippen LogP contribution in [0.25, 0.3) is 0 Å². The summed E-state index contributed by atoms with van der Waals surface area (Å²) in [5.74, 6) is -1.84. The third kappa shape index (κ3) is 3.67. The lowest BCUT2D eigenvalue weighted by Crippen LogP contribution is -2.45. The molecule has 2 atom stereocenters. The normalized spacial score (nSPS) is 13.2. The van der Waals surface area contributed by atoms with E-state index in [2.05, 4.69) is 5.32 Å². The van der Waals surface area contributed by atoms with Crippen LogP contribution in [0.3, 0.4) is 0 Å². The van der Waals surface area contributed by atoms with Crippen molar-refractivity contribution < 1.29 is 19.8 Å². The van der Waals surface area contributed by atoms with Crippen LogP contribution in [-0.4, -0.2) is 28.1 Å². The molecule has 0 spiro atoms. The molecule has 0 radical (unpaired) electrons. The molecule has 0 aliphatic carbocycles. The number of nitrogens with one attached hydrogen (secondary N) is 1. The Morgan fingerprint density at radius 3 is 1.95 bits per heavy atom. The lowest BCUT2D eigenvalue weighted by Gasteiger charge is -2.20. The number of benzene rings is 2. The van der Waals surface area contributed by atoms with Gasteiger partial charge in [-0.3, -0.25) is 4.79 Å². The molecule has 2 aromatic carbocycles. The van der Waals surface area contributed by atoms with E-state index in [1.54, 1.807) is 60.7 Å². The van der Waals surface area contributed by atoms with E-state index in [9.17, 15) is 19.8 Å². The van der Waals surface area contributed by atoms with Gasteiger partial charge in [0, 0.05) is 5.56 Å². The Labute approximate surface area is 121 Å². The van der Waals surface area contributed by atoms with Crippen molar-refractivity contribution in [3.8, 4) is 0 Å². The van der Waals surface area contributed by atoms with Crippen molar-refractivity contribution in [3.05, 3.63) is 71.8 Å². The first-order chi connectivity index (χ1) is 10.1. The first-order valence-corrected chi connectivity index (χ1v) is 6.41. The molecule has 3 N–H and O–H groups in total. The van der Waals surface area contributed by atoms with Crippen molar-refractivity contribution in [2.45, 2.75) is 12.1 Å². The Hall–Kier alpha value is -2.66. The second-order valence-electron chi connectivity index (χ2n) is 4.51. The van der Waals surface area contributed by atoms with E-state index in [0.29, 0.717) is 11.1 Å². The highest BCUT2D eigenvalue weighted by Gasteiger charge is 2.29. The molecular weight excluding hydrogens is 270 g/mol. The number of carboxylic acids is 1. The Morgan fingerprint density at radius 1 is 0.905 bits per heavy atom. The van der Waals surface area contributed by atoms with Gasteiger partial charge in [-0.25, -0.2) is 4.79 Å². The van der Waals surface area contributed by atoms with Crippen LogP contribution in [0.4, 0.5) is 0 Å².